The fraction of sp³-hybridized carbons (Fsp3) is 0.417. The predicted octanol–water partition coefficient (Wildman–Crippen LogP) is 2.35. The maximum atomic E-state index is 12.9. The SMILES string of the molecule is CCONC(=O)C(CC(C)C)NC(CCN1C(=O)c2cc3ccccc3cc2C1=O)C(=O)O. The van der Waals surface area contributed by atoms with Crippen LogP contribution in [0.3, 0.4) is 0 Å². The van der Waals surface area contributed by atoms with Crippen molar-refractivity contribution in [3.05, 3.63) is 47.5 Å². The molecule has 2 aromatic carbocycles. The molecule has 2 unspecified atom stereocenters. The lowest BCUT2D eigenvalue weighted by atomic mass is 10.0. The van der Waals surface area contributed by atoms with Crippen molar-refractivity contribution in [1.29, 1.82) is 0 Å². The second-order valence-electron chi connectivity index (χ2n) is 8.43. The van der Waals surface area contributed by atoms with Crippen LogP contribution in [0, 0.1) is 5.92 Å². The lowest BCUT2D eigenvalue weighted by molar-refractivity contribution is -0.141. The van der Waals surface area contributed by atoms with Crippen LogP contribution in [0.15, 0.2) is 36.4 Å². The third-order valence-electron chi connectivity index (χ3n) is 5.52. The number of fused-ring (bicyclic) bond motifs is 2. The quantitative estimate of drug-likeness (QED) is 0.351. The first-order valence-corrected chi connectivity index (χ1v) is 11.0. The Balaban J connectivity index is 1.72. The maximum absolute atomic E-state index is 12.9. The minimum atomic E-state index is -1.17. The first kappa shape index (κ1) is 24.3. The average Bonchev–Trinajstić information content (AvgIpc) is 3.01. The van der Waals surface area contributed by atoms with Crippen molar-refractivity contribution < 1.29 is 29.1 Å². The van der Waals surface area contributed by atoms with Gasteiger partial charge in [0, 0.05) is 6.54 Å². The molecule has 1 heterocycles. The minimum absolute atomic E-state index is 0.0448. The molecule has 0 fully saturated rings. The molecule has 33 heavy (non-hydrogen) atoms. The molecule has 0 saturated carbocycles. The average molecular weight is 456 g/mol. The van der Waals surface area contributed by atoms with E-state index in [4.69, 9.17) is 4.84 Å². The van der Waals surface area contributed by atoms with E-state index in [9.17, 15) is 24.3 Å². The summed E-state index contributed by atoms with van der Waals surface area (Å²) in [6.07, 6.45) is 0.346. The lowest BCUT2D eigenvalue weighted by Crippen LogP contribution is -2.52. The fourth-order valence-corrected chi connectivity index (χ4v) is 3.90. The first-order valence-electron chi connectivity index (χ1n) is 11.0. The number of carbonyl (C=O) groups is 4. The van der Waals surface area contributed by atoms with Gasteiger partial charge in [0.1, 0.15) is 6.04 Å². The second kappa shape index (κ2) is 10.5. The summed E-state index contributed by atoms with van der Waals surface area (Å²) < 4.78 is 0. The zero-order chi connectivity index (χ0) is 24.1. The van der Waals surface area contributed by atoms with Crippen LogP contribution in [-0.4, -0.2) is 58.9 Å². The Bertz CT molecular complexity index is 1010. The van der Waals surface area contributed by atoms with Gasteiger partial charge in [0.25, 0.3) is 17.7 Å². The molecule has 1 aliphatic heterocycles. The van der Waals surface area contributed by atoms with Crippen LogP contribution in [0.5, 0.6) is 0 Å². The Kier molecular flexibility index (Phi) is 7.78. The highest BCUT2D eigenvalue weighted by atomic mass is 16.6. The minimum Gasteiger partial charge on any atom is -0.480 e. The van der Waals surface area contributed by atoms with Gasteiger partial charge < -0.3 is 5.11 Å². The highest BCUT2D eigenvalue weighted by Gasteiger charge is 2.37. The van der Waals surface area contributed by atoms with E-state index in [-0.39, 0.29) is 25.5 Å². The largest absolute Gasteiger partial charge is 0.480 e. The molecule has 9 heteroatoms. The molecule has 0 bridgehead atoms. The van der Waals surface area contributed by atoms with E-state index in [1.165, 1.54) is 0 Å². The Labute approximate surface area is 192 Å². The summed E-state index contributed by atoms with van der Waals surface area (Å²) >= 11 is 0. The number of nitrogens with one attached hydrogen (secondary N) is 2. The van der Waals surface area contributed by atoms with Crippen molar-refractivity contribution in [2.24, 2.45) is 5.92 Å². The number of carboxylic acids is 1. The third kappa shape index (κ3) is 5.55. The number of imide groups is 1. The van der Waals surface area contributed by atoms with Crippen LogP contribution in [0.1, 0.15) is 54.3 Å². The summed E-state index contributed by atoms with van der Waals surface area (Å²) in [5.41, 5.74) is 2.93. The van der Waals surface area contributed by atoms with Gasteiger partial charge in [-0.2, -0.15) is 0 Å². The highest BCUT2D eigenvalue weighted by molar-refractivity contribution is 6.23. The van der Waals surface area contributed by atoms with Crippen molar-refractivity contribution >= 4 is 34.5 Å². The third-order valence-corrected chi connectivity index (χ3v) is 5.52. The van der Waals surface area contributed by atoms with E-state index in [0.29, 0.717) is 17.5 Å². The zero-order valence-corrected chi connectivity index (χ0v) is 19.0. The number of amides is 3. The molecule has 3 N–H and O–H groups in total. The lowest BCUT2D eigenvalue weighted by Gasteiger charge is -2.25. The van der Waals surface area contributed by atoms with Crippen LogP contribution >= 0.6 is 0 Å². The molecule has 0 saturated heterocycles. The van der Waals surface area contributed by atoms with Crippen molar-refractivity contribution in [2.45, 2.75) is 45.7 Å². The predicted molar refractivity (Wildman–Crippen MR) is 122 cm³/mol. The molecule has 2 aromatic rings. The number of nitrogens with zero attached hydrogens (tertiary/aromatic N) is 1. The standard InChI is InChI=1S/C24H29N3O6/c1-4-33-26-21(28)20(11-14(2)3)25-19(24(31)32)9-10-27-22(29)17-12-15-7-5-6-8-16(15)13-18(17)23(27)30/h5-8,12-14,19-20,25H,4,9-11H2,1-3H3,(H,26,28)(H,31,32). The number of carbonyl (C=O) groups excluding carboxylic acids is 3. The summed E-state index contributed by atoms with van der Waals surface area (Å²) in [5, 5.41) is 14.3. The Morgan fingerprint density at radius 2 is 1.61 bits per heavy atom. The molecule has 1 aliphatic rings. The molecule has 0 aliphatic carbocycles. The summed E-state index contributed by atoms with van der Waals surface area (Å²) in [7, 11) is 0. The molecule has 3 rings (SSSR count). The van der Waals surface area contributed by atoms with Crippen molar-refractivity contribution in [3.63, 3.8) is 0 Å². The Morgan fingerprint density at radius 3 is 2.09 bits per heavy atom. The molecular weight excluding hydrogens is 426 g/mol. The van der Waals surface area contributed by atoms with Gasteiger partial charge >= 0.3 is 5.97 Å². The number of hydrogen-bond donors (Lipinski definition) is 3. The Morgan fingerprint density at radius 1 is 1.03 bits per heavy atom. The topological polar surface area (TPSA) is 125 Å². The normalized spacial score (nSPS) is 15.1. The van der Waals surface area contributed by atoms with Crippen LogP contribution < -0.4 is 10.8 Å². The summed E-state index contributed by atoms with van der Waals surface area (Å²) in [4.78, 5) is 56.1. The van der Waals surface area contributed by atoms with E-state index < -0.39 is 35.8 Å². The molecule has 0 aromatic heterocycles. The molecule has 2 atom stereocenters. The van der Waals surface area contributed by atoms with E-state index in [0.717, 1.165) is 15.7 Å². The van der Waals surface area contributed by atoms with Gasteiger partial charge in [-0.05, 0) is 48.6 Å². The van der Waals surface area contributed by atoms with Crippen LogP contribution in [0.4, 0.5) is 0 Å². The molecule has 9 nitrogen and oxygen atoms in total. The van der Waals surface area contributed by atoms with Gasteiger partial charge in [0.05, 0.1) is 23.8 Å². The summed E-state index contributed by atoms with van der Waals surface area (Å²) in [5.74, 6) is -2.41. The van der Waals surface area contributed by atoms with E-state index in [1.54, 1.807) is 19.1 Å². The number of rotatable bonds is 11. The summed E-state index contributed by atoms with van der Waals surface area (Å²) in [6.45, 7) is 5.74. The van der Waals surface area contributed by atoms with Gasteiger partial charge in [-0.3, -0.25) is 34.2 Å². The number of hydrogen-bond acceptors (Lipinski definition) is 6. The van der Waals surface area contributed by atoms with Crippen molar-refractivity contribution in [2.75, 3.05) is 13.2 Å². The molecule has 176 valence electrons. The van der Waals surface area contributed by atoms with E-state index >= 15 is 0 Å². The highest BCUT2D eigenvalue weighted by Crippen LogP contribution is 2.28. The van der Waals surface area contributed by atoms with Gasteiger partial charge in [-0.1, -0.05) is 38.1 Å². The van der Waals surface area contributed by atoms with E-state index in [2.05, 4.69) is 10.8 Å². The number of aliphatic carboxylic acids is 1. The zero-order valence-electron chi connectivity index (χ0n) is 19.0. The number of benzene rings is 2. The van der Waals surface area contributed by atoms with Gasteiger partial charge in [-0.15, -0.1) is 0 Å². The molecule has 0 spiro atoms. The van der Waals surface area contributed by atoms with Gasteiger partial charge in [-0.25, -0.2) is 5.48 Å². The van der Waals surface area contributed by atoms with Gasteiger partial charge in [0.2, 0.25) is 0 Å². The second-order valence-corrected chi connectivity index (χ2v) is 8.43. The molecule has 3 amide bonds. The molecular formula is C24H29N3O6. The number of hydroxylamine groups is 1. The van der Waals surface area contributed by atoms with Crippen molar-refractivity contribution in [3.8, 4) is 0 Å². The Hall–Kier alpha value is -3.30. The molecule has 0 radical (unpaired) electrons. The maximum Gasteiger partial charge on any atom is 0.320 e. The fourth-order valence-electron chi connectivity index (χ4n) is 3.90. The van der Waals surface area contributed by atoms with Crippen LogP contribution in [0.2, 0.25) is 0 Å². The summed E-state index contributed by atoms with van der Waals surface area (Å²) in [6, 6.07) is 8.88. The van der Waals surface area contributed by atoms with Gasteiger partial charge in [0.15, 0.2) is 0 Å². The van der Waals surface area contributed by atoms with Crippen molar-refractivity contribution in [1.82, 2.24) is 15.7 Å². The number of carboxylic acid groups (broad SMARTS) is 1. The smallest absolute Gasteiger partial charge is 0.320 e. The monoisotopic (exact) mass is 455 g/mol. The van der Waals surface area contributed by atoms with Crippen LogP contribution in [0.25, 0.3) is 10.8 Å². The first-order chi connectivity index (χ1) is 15.7. The van der Waals surface area contributed by atoms with Crippen LogP contribution in [-0.2, 0) is 14.4 Å². The van der Waals surface area contributed by atoms with E-state index in [1.807, 2.05) is 38.1 Å².